The van der Waals surface area contributed by atoms with Gasteiger partial charge in [-0.1, -0.05) is 24.3 Å². The molecular weight excluding hydrogens is 507 g/mol. The number of aliphatic imine (C=N–C) groups is 1. The Labute approximate surface area is 202 Å². The van der Waals surface area contributed by atoms with Crippen molar-refractivity contribution < 1.29 is 14.2 Å². The van der Waals surface area contributed by atoms with Crippen molar-refractivity contribution in [3.05, 3.63) is 54.1 Å². The Kier molecular flexibility index (Phi) is 11.5. The van der Waals surface area contributed by atoms with Crippen LogP contribution in [0.25, 0.3) is 0 Å². The second kappa shape index (κ2) is 14.1. The molecule has 2 N–H and O–H groups in total. The lowest BCUT2D eigenvalue weighted by Gasteiger charge is -2.26. The van der Waals surface area contributed by atoms with Crippen LogP contribution in [-0.2, 0) is 11.3 Å². The Morgan fingerprint density at radius 2 is 1.74 bits per heavy atom. The molecule has 0 spiro atoms. The van der Waals surface area contributed by atoms with Crippen LogP contribution in [0, 0.1) is 0 Å². The van der Waals surface area contributed by atoms with Gasteiger partial charge in [0, 0.05) is 32.7 Å². The van der Waals surface area contributed by atoms with Crippen molar-refractivity contribution in [2.24, 2.45) is 4.99 Å². The molecule has 0 atom stereocenters. The van der Waals surface area contributed by atoms with E-state index in [-0.39, 0.29) is 24.0 Å². The van der Waals surface area contributed by atoms with E-state index in [1.807, 2.05) is 48.5 Å². The summed E-state index contributed by atoms with van der Waals surface area (Å²) in [6.45, 7) is 8.99. The van der Waals surface area contributed by atoms with Gasteiger partial charge in [-0.05, 0) is 36.8 Å². The molecule has 0 aliphatic carbocycles. The minimum Gasteiger partial charge on any atom is -0.493 e. The summed E-state index contributed by atoms with van der Waals surface area (Å²) in [4.78, 5) is 7.10. The minimum atomic E-state index is 0. The van der Waals surface area contributed by atoms with Crippen LogP contribution in [0.15, 0.2) is 53.5 Å². The number of halogens is 1. The Hall–Kier alpha value is -2.04. The molecule has 0 amide bonds. The van der Waals surface area contributed by atoms with Gasteiger partial charge in [0.05, 0.1) is 26.9 Å². The largest absolute Gasteiger partial charge is 0.493 e. The zero-order chi connectivity index (χ0) is 21.0. The summed E-state index contributed by atoms with van der Waals surface area (Å²) >= 11 is 0. The number of benzene rings is 2. The summed E-state index contributed by atoms with van der Waals surface area (Å²) in [6.07, 6.45) is 0. The van der Waals surface area contributed by atoms with Gasteiger partial charge < -0.3 is 24.8 Å². The van der Waals surface area contributed by atoms with E-state index in [9.17, 15) is 0 Å². The zero-order valence-corrected chi connectivity index (χ0v) is 20.6. The Morgan fingerprint density at radius 3 is 2.42 bits per heavy atom. The van der Waals surface area contributed by atoms with Crippen LogP contribution in [-0.4, -0.2) is 63.9 Å². The smallest absolute Gasteiger partial charge is 0.191 e. The molecule has 1 heterocycles. The number of nitrogens with one attached hydrogen (secondary N) is 2. The highest BCUT2D eigenvalue weighted by Crippen LogP contribution is 2.30. The fourth-order valence-corrected chi connectivity index (χ4v) is 3.16. The van der Waals surface area contributed by atoms with Crippen LogP contribution in [0.5, 0.6) is 17.2 Å². The summed E-state index contributed by atoms with van der Waals surface area (Å²) in [5.74, 6) is 3.01. The number of morpholine rings is 1. The first kappa shape index (κ1) is 25.2. The Bertz CT molecular complexity index is 796. The van der Waals surface area contributed by atoms with Gasteiger partial charge >= 0.3 is 0 Å². The molecule has 31 heavy (non-hydrogen) atoms. The molecule has 2 aromatic carbocycles. The molecule has 7 nitrogen and oxygen atoms in total. The van der Waals surface area contributed by atoms with Gasteiger partial charge in [0.25, 0.3) is 0 Å². The summed E-state index contributed by atoms with van der Waals surface area (Å²) in [7, 11) is 1.64. The fourth-order valence-electron chi connectivity index (χ4n) is 3.16. The van der Waals surface area contributed by atoms with E-state index in [0.717, 1.165) is 63.2 Å². The van der Waals surface area contributed by atoms with Gasteiger partial charge in [-0.3, -0.25) is 4.90 Å². The highest BCUT2D eigenvalue weighted by atomic mass is 127. The molecule has 0 unspecified atom stereocenters. The molecular formula is C23H33IN4O3. The van der Waals surface area contributed by atoms with E-state index >= 15 is 0 Å². The SMILES string of the molecule is CCNC(=NCc1ccc(Oc2ccccc2OC)cc1)NCCN1CCOCC1.I. The second-order valence-electron chi connectivity index (χ2n) is 6.97. The van der Waals surface area contributed by atoms with Crippen LogP contribution < -0.4 is 20.1 Å². The normalized spacial score (nSPS) is 14.5. The van der Waals surface area contributed by atoms with E-state index in [2.05, 4.69) is 22.5 Å². The van der Waals surface area contributed by atoms with Gasteiger partial charge in [0.1, 0.15) is 5.75 Å². The molecule has 0 aromatic heterocycles. The highest BCUT2D eigenvalue weighted by Gasteiger charge is 2.09. The van der Waals surface area contributed by atoms with Crippen LogP contribution >= 0.6 is 24.0 Å². The van der Waals surface area contributed by atoms with E-state index in [0.29, 0.717) is 18.0 Å². The minimum absolute atomic E-state index is 0. The van der Waals surface area contributed by atoms with Crippen molar-refractivity contribution in [2.75, 3.05) is 53.0 Å². The Morgan fingerprint density at radius 1 is 1.03 bits per heavy atom. The number of rotatable bonds is 9. The van der Waals surface area contributed by atoms with Crippen LogP contribution in [0.2, 0.25) is 0 Å². The first-order valence-electron chi connectivity index (χ1n) is 10.5. The van der Waals surface area contributed by atoms with E-state index in [1.54, 1.807) is 7.11 Å². The third-order valence-electron chi connectivity index (χ3n) is 4.81. The van der Waals surface area contributed by atoms with Crippen LogP contribution in [0.1, 0.15) is 12.5 Å². The third-order valence-corrected chi connectivity index (χ3v) is 4.81. The standard InChI is InChI=1S/C23H32N4O3.HI/c1-3-24-23(25-12-13-27-14-16-29-17-15-27)26-18-19-8-10-20(11-9-19)30-22-7-5-4-6-21(22)28-2;/h4-11H,3,12-18H2,1-2H3,(H2,24,25,26);1H. The molecule has 1 aliphatic rings. The lowest BCUT2D eigenvalue weighted by Crippen LogP contribution is -2.44. The zero-order valence-electron chi connectivity index (χ0n) is 18.3. The number of hydrogen-bond acceptors (Lipinski definition) is 5. The maximum absolute atomic E-state index is 5.93. The average Bonchev–Trinajstić information content (AvgIpc) is 2.79. The number of guanidine groups is 1. The quantitative estimate of drug-likeness (QED) is 0.289. The number of nitrogens with zero attached hydrogens (tertiary/aromatic N) is 2. The van der Waals surface area contributed by atoms with Crippen LogP contribution in [0.3, 0.4) is 0 Å². The van der Waals surface area contributed by atoms with E-state index < -0.39 is 0 Å². The van der Waals surface area contributed by atoms with Gasteiger partial charge in [-0.2, -0.15) is 0 Å². The molecule has 3 rings (SSSR count). The average molecular weight is 540 g/mol. The van der Waals surface area contributed by atoms with Crippen molar-refractivity contribution in [1.82, 2.24) is 15.5 Å². The fraction of sp³-hybridized carbons (Fsp3) is 0.435. The second-order valence-corrected chi connectivity index (χ2v) is 6.97. The summed E-state index contributed by atoms with van der Waals surface area (Å²) in [5.41, 5.74) is 1.12. The van der Waals surface area contributed by atoms with Crippen molar-refractivity contribution in [3.8, 4) is 17.2 Å². The Balaban J connectivity index is 0.00000341. The number of ether oxygens (including phenoxy) is 3. The van der Waals surface area contributed by atoms with Gasteiger partial charge in [0.2, 0.25) is 0 Å². The van der Waals surface area contributed by atoms with Crippen molar-refractivity contribution in [1.29, 1.82) is 0 Å². The first-order chi connectivity index (χ1) is 14.8. The molecule has 0 bridgehead atoms. The predicted octanol–water partition coefficient (Wildman–Crippen LogP) is 3.49. The van der Waals surface area contributed by atoms with Crippen LogP contribution in [0.4, 0.5) is 0 Å². The monoisotopic (exact) mass is 540 g/mol. The molecule has 170 valence electrons. The van der Waals surface area contributed by atoms with Crippen molar-refractivity contribution >= 4 is 29.9 Å². The molecule has 8 heteroatoms. The molecule has 1 saturated heterocycles. The summed E-state index contributed by atoms with van der Waals surface area (Å²) in [6, 6.07) is 15.6. The molecule has 1 fully saturated rings. The van der Waals surface area contributed by atoms with Gasteiger partial charge in [-0.25, -0.2) is 4.99 Å². The summed E-state index contributed by atoms with van der Waals surface area (Å²) < 4.78 is 16.7. The molecule has 0 saturated carbocycles. The number of methoxy groups -OCH3 is 1. The van der Waals surface area contributed by atoms with E-state index in [1.165, 1.54) is 0 Å². The maximum atomic E-state index is 5.93. The van der Waals surface area contributed by atoms with E-state index in [4.69, 9.17) is 19.2 Å². The first-order valence-corrected chi connectivity index (χ1v) is 10.5. The maximum Gasteiger partial charge on any atom is 0.191 e. The number of hydrogen-bond donors (Lipinski definition) is 2. The molecule has 2 aromatic rings. The summed E-state index contributed by atoms with van der Waals surface area (Å²) in [5, 5.41) is 6.72. The van der Waals surface area contributed by atoms with Gasteiger partial charge in [0.15, 0.2) is 17.5 Å². The molecule has 0 radical (unpaired) electrons. The van der Waals surface area contributed by atoms with Crippen molar-refractivity contribution in [2.45, 2.75) is 13.5 Å². The lowest BCUT2D eigenvalue weighted by molar-refractivity contribution is 0.0389. The molecule has 1 aliphatic heterocycles. The third kappa shape index (κ3) is 8.54. The lowest BCUT2D eigenvalue weighted by atomic mass is 10.2. The predicted molar refractivity (Wildman–Crippen MR) is 135 cm³/mol. The topological polar surface area (TPSA) is 67.4 Å². The number of para-hydroxylation sites is 2. The highest BCUT2D eigenvalue weighted by molar-refractivity contribution is 14.0. The van der Waals surface area contributed by atoms with Gasteiger partial charge in [-0.15, -0.1) is 24.0 Å². The van der Waals surface area contributed by atoms with Crippen molar-refractivity contribution in [3.63, 3.8) is 0 Å².